The molecule has 0 amide bonds. The van der Waals surface area contributed by atoms with Crippen LogP contribution in [0.3, 0.4) is 0 Å². The molecule has 1 N–H and O–H groups in total. The first-order valence-corrected chi connectivity index (χ1v) is 9.73. The monoisotopic (exact) mass is 366 g/mol. The molecule has 132 valence electrons. The SMILES string of the molecule is Cc1nccn1Cc1cccc(CN=C2NS(=O)(=O)c3ccccc32)c1. The van der Waals surface area contributed by atoms with E-state index < -0.39 is 10.0 Å². The van der Waals surface area contributed by atoms with Crippen LogP contribution in [0.2, 0.25) is 0 Å². The second kappa shape index (κ2) is 6.42. The van der Waals surface area contributed by atoms with Crippen molar-refractivity contribution in [1.29, 1.82) is 0 Å². The molecular formula is C19H18N4O2S. The van der Waals surface area contributed by atoms with Gasteiger partial charge in [-0.05, 0) is 30.2 Å². The summed E-state index contributed by atoms with van der Waals surface area (Å²) in [6.07, 6.45) is 3.74. The number of benzene rings is 2. The fourth-order valence-corrected chi connectivity index (χ4v) is 4.27. The summed E-state index contributed by atoms with van der Waals surface area (Å²) in [7, 11) is -3.50. The zero-order chi connectivity index (χ0) is 18.1. The van der Waals surface area contributed by atoms with Gasteiger partial charge >= 0.3 is 0 Å². The zero-order valence-electron chi connectivity index (χ0n) is 14.3. The first kappa shape index (κ1) is 16.5. The molecule has 0 fully saturated rings. The van der Waals surface area contributed by atoms with Gasteiger partial charge in [0.05, 0.1) is 11.4 Å². The van der Waals surface area contributed by atoms with E-state index in [1.165, 1.54) is 0 Å². The summed E-state index contributed by atoms with van der Waals surface area (Å²) in [6.45, 7) is 3.12. The summed E-state index contributed by atoms with van der Waals surface area (Å²) < 4.78 is 28.9. The Morgan fingerprint density at radius 2 is 1.92 bits per heavy atom. The van der Waals surface area contributed by atoms with Crippen LogP contribution >= 0.6 is 0 Å². The van der Waals surface area contributed by atoms with Gasteiger partial charge in [0.25, 0.3) is 10.0 Å². The highest BCUT2D eigenvalue weighted by molar-refractivity contribution is 7.90. The lowest BCUT2D eigenvalue weighted by atomic mass is 10.1. The molecule has 0 saturated heterocycles. The molecule has 2 heterocycles. The molecule has 26 heavy (non-hydrogen) atoms. The van der Waals surface area contributed by atoms with Crippen LogP contribution in [0.4, 0.5) is 0 Å². The van der Waals surface area contributed by atoms with E-state index >= 15 is 0 Å². The maximum Gasteiger partial charge on any atom is 0.263 e. The maximum atomic E-state index is 12.1. The van der Waals surface area contributed by atoms with Gasteiger partial charge < -0.3 is 4.57 Å². The lowest BCUT2D eigenvalue weighted by Gasteiger charge is -2.07. The number of nitrogens with one attached hydrogen (secondary N) is 1. The molecule has 4 rings (SSSR count). The van der Waals surface area contributed by atoms with Crippen LogP contribution in [-0.2, 0) is 23.1 Å². The quantitative estimate of drug-likeness (QED) is 0.771. The Hall–Kier alpha value is -2.93. The van der Waals surface area contributed by atoms with E-state index in [0.29, 0.717) is 17.9 Å². The van der Waals surface area contributed by atoms with E-state index in [1.807, 2.05) is 31.3 Å². The van der Waals surface area contributed by atoms with Gasteiger partial charge in [0.2, 0.25) is 0 Å². The van der Waals surface area contributed by atoms with Crippen molar-refractivity contribution in [2.24, 2.45) is 4.99 Å². The van der Waals surface area contributed by atoms with Crippen molar-refractivity contribution in [3.05, 3.63) is 83.4 Å². The molecule has 1 aromatic heterocycles. The minimum Gasteiger partial charge on any atom is -0.331 e. The first-order valence-electron chi connectivity index (χ1n) is 8.25. The van der Waals surface area contributed by atoms with E-state index in [9.17, 15) is 8.42 Å². The first-order chi connectivity index (χ1) is 12.5. The van der Waals surface area contributed by atoms with Crippen LogP contribution in [0.25, 0.3) is 0 Å². The van der Waals surface area contributed by atoms with Gasteiger partial charge in [-0.1, -0.05) is 36.4 Å². The standard InChI is InChI=1S/C19H18N4O2S/c1-14-20-9-10-23(14)13-16-6-4-5-15(11-16)12-21-19-17-7-2-3-8-18(17)26(24,25)22-19/h2-11H,12-13H2,1H3,(H,21,22). The summed E-state index contributed by atoms with van der Waals surface area (Å²) in [4.78, 5) is 9.01. The Bertz CT molecular complexity index is 1100. The molecule has 0 unspecified atom stereocenters. The number of hydrogen-bond donors (Lipinski definition) is 1. The van der Waals surface area contributed by atoms with Gasteiger partial charge in [-0.15, -0.1) is 0 Å². The highest BCUT2D eigenvalue weighted by atomic mass is 32.2. The number of aliphatic imine (C=N–C) groups is 1. The van der Waals surface area contributed by atoms with Crippen LogP contribution in [-0.4, -0.2) is 23.8 Å². The Balaban J connectivity index is 1.56. The molecule has 7 heteroatoms. The number of amidine groups is 1. The van der Waals surface area contributed by atoms with Crippen molar-refractivity contribution in [2.45, 2.75) is 24.9 Å². The molecule has 6 nitrogen and oxygen atoms in total. The summed E-state index contributed by atoms with van der Waals surface area (Å²) in [5, 5.41) is 0. The maximum absolute atomic E-state index is 12.1. The van der Waals surface area contributed by atoms with Gasteiger partial charge in [0, 0.05) is 24.5 Å². The third-order valence-electron chi connectivity index (χ3n) is 4.35. The summed E-state index contributed by atoms with van der Waals surface area (Å²) in [5.74, 6) is 1.36. The van der Waals surface area contributed by atoms with Crippen LogP contribution in [0.15, 0.2) is 70.8 Å². The van der Waals surface area contributed by atoms with Crippen molar-refractivity contribution >= 4 is 15.9 Å². The van der Waals surface area contributed by atoms with Crippen LogP contribution < -0.4 is 4.72 Å². The van der Waals surface area contributed by atoms with Crippen molar-refractivity contribution in [3.8, 4) is 0 Å². The molecule has 1 aliphatic rings. The van der Waals surface area contributed by atoms with E-state index in [-0.39, 0.29) is 4.90 Å². The number of aryl methyl sites for hydroxylation is 1. The third-order valence-corrected chi connectivity index (χ3v) is 5.75. The topological polar surface area (TPSA) is 76.3 Å². The Morgan fingerprint density at radius 1 is 1.12 bits per heavy atom. The molecule has 0 aliphatic carbocycles. The second-order valence-corrected chi connectivity index (χ2v) is 7.84. The smallest absolute Gasteiger partial charge is 0.263 e. The molecule has 0 bridgehead atoms. The largest absolute Gasteiger partial charge is 0.331 e. The molecule has 2 aromatic carbocycles. The van der Waals surface area contributed by atoms with E-state index in [1.54, 1.807) is 24.4 Å². The number of rotatable bonds is 4. The number of nitrogens with zero attached hydrogens (tertiary/aromatic N) is 3. The normalized spacial score (nSPS) is 16.4. The van der Waals surface area contributed by atoms with Crippen molar-refractivity contribution < 1.29 is 8.42 Å². The fourth-order valence-electron chi connectivity index (χ4n) is 3.02. The minimum atomic E-state index is -3.50. The van der Waals surface area contributed by atoms with Crippen LogP contribution in [0.5, 0.6) is 0 Å². The van der Waals surface area contributed by atoms with Crippen molar-refractivity contribution in [2.75, 3.05) is 0 Å². The highest BCUT2D eigenvalue weighted by Crippen LogP contribution is 2.22. The number of aromatic nitrogens is 2. The average molecular weight is 366 g/mol. The van der Waals surface area contributed by atoms with Gasteiger partial charge in [0.15, 0.2) is 0 Å². The molecule has 0 spiro atoms. The van der Waals surface area contributed by atoms with E-state index in [0.717, 1.165) is 23.5 Å². The predicted octanol–water partition coefficient (Wildman–Crippen LogP) is 2.48. The van der Waals surface area contributed by atoms with Crippen molar-refractivity contribution in [1.82, 2.24) is 14.3 Å². The average Bonchev–Trinajstić information content (AvgIpc) is 3.15. The van der Waals surface area contributed by atoms with Gasteiger partial charge in [-0.3, -0.25) is 9.71 Å². The summed E-state index contributed by atoms with van der Waals surface area (Å²) in [6, 6.07) is 15.0. The summed E-state index contributed by atoms with van der Waals surface area (Å²) >= 11 is 0. The Kier molecular flexibility index (Phi) is 4.08. The minimum absolute atomic E-state index is 0.281. The molecule has 0 saturated carbocycles. The zero-order valence-corrected chi connectivity index (χ0v) is 15.1. The van der Waals surface area contributed by atoms with E-state index in [2.05, 4.69) is 31.4 Å². The third kappa shape index (κ3) is 3.13. The number of fused-ring (bicyclic) bond motifs is 1. The molecular weight excluding hydrogens is 348 g/mol. The van der Waals surface area contributed by atoms with Crippen LogP contribution in [0, 0.1) is 6.92 Å². The Morgan fingerprint density at radius 3 is 2.73 bits per heavy atom. The molecule has 0 atom stereocenters. The lowest BCUT2D eigenvalue weighted by molar-refractivity contribution is 0.595. The fraction of sp³-hybridized carbons (Fsp3) is 0.158. The van der Waals surface area contributed by atoms with Gasteiger partial charge in [-0.25, -0.2) is 13.4 Å². The number of sulfonamides is 1. The van der Waals surface area contributed by atoms with Gasteiger partial charge in [0.1, 0.15) is 11.7 Å². The summed E-state index contributed by atoms with van der Waals surface area (Å²) in [5.41, 5.74) is 2.80. The number of hydrogen-bond acceptors (Lipinski definition) is 4. The highest BCUT2D eigenvalue weighted by Gasteiger charge is 2.29. The van der Waals surface area contributed by atoms with Crippen LogP contribution in [0.1, 0.15) is 22.5 Å². The predicted molar refractivity (Wildman–Crippen MR) is 99.5 cm³/mol. The molecule has 1 aliphatic heterocycles. The van der Waals surface area contributed by atoms with Gasteiger partial charge in [-0.2, -0.15) is 0 Å². The lowest BCUT2D eigenvalue weighted by Crippen LogP contribution is -2.22. The molecule has 3 aromatic rings. The van der Waals surface area contributed by atoms with E-state index in [4.69, 9.17) is 0 Å². The Labute approximate surface area is 152 Å². The molecule has 0 radical (unpaired) electrons. The second-order valence-electron chi connectivity index (χ2n) is 6.19. The number of imidazole rings is 1. The van der Waals surface area contributed by atoms with Crippen molar-refractivity contribution in [3.63, 3.8) is 0 Å².